The molecule has 0 aromatic rings. The molecule has 0 spiro atoms. The number of fused-ring (bicyclic) bond motifs is 5. The quantitative estimate of drug-likeness (QED) is 0.480. The van der Waals surface area contributed by atoms with Crippen LogP contribution in [-0.2, 0) is 23.9 Å². The second kappa shape index (κ2) is 8.74. The molecule has 8 atom stereocenters. The lowest BCUT2D eigenvalue weighted by atomic mass is 9.47. The van der Waals surface area contributed by atoms with Gasteiger partial charge in [0.05, 0.1) is 5.57 Å². The van der Waals surface area contributed by atoms with E-state index in [-0.39, 0.29) is 47.2 Å². The lowest BCUT2D eigenvalue weighted by molar-refractivity contribution is -0.153. The minimum Gasteiger partial charge on any atom is -0.461 e. The minimum atomic E-state index is -0.386. The number of hydrogen-bond acceptors (Lipinski definition) is 5. The third-order valence-electron chi connectivity index (χ3n) is 10.8. The highest BCUT2D eigenvalue weighted by Gasteiger charge is 2.59. The standard InChI is InChI=1S/C30H40O5/c1-17-14-27(35-28(33)23(17)16-34-19(3)31)18(2)24-8-9-25-22-7-6-20-15-21(32)10-12-29(20,4)26(22)11-13-30(24,25)5/h10,12,15,18,22,24-27H,6-9,11,13-14,16H2,1-5H3/t18-,22-,24+,25-,26-,27+,29-,30+/m0/s1. The van der Waals surface area contributed by atoms with E-state index in [1.165, 1.54) is 44.6 Å². The number of esters is 2. The minimum absolute atomic E-state index is 0.00261. The predicted molar refractivity (Wildman–Crippen MR) is 133 cm³/mol. The van der Waals surface area contributed by atoms with Crippen molar-refractivity contribution in [1.29, 1.82) is 0 Å². The highest BCUT2D eigenvalue weighted by atomic mass is 16.6. The van der Waals surface area contributed by atoms with Gasteiger partial charge in [0.1, 0.15) is 12.7 Å². The molecule has 3 saturated carbocycles. The van der Waals surface area contributed by atoms with Gasteiger partial charge in [-0.15, -0.1) is 0 Å². The van der Waals surface area contributed by atoms with Crippen molar-refractivity contribution in [3.63, 3.8) is 0 Å². The molecule has 5 aliphatic rings. The van der Waals surface area contributed by atoms with Crippen molar-refractivity contribution in [3.8, 4) is 0 Å². The molecule has 3 fully saturated rings. The van der Waals surface area contributed by atoms with E-state index in [4.69, 9.17) is 9.47 Å². The molecule has 0 amide bonds. The zero-order chi connectivity index (χ0) is 25.1. The molecule has 5 rings (SSSR count). The van der Waals surface area contributed by atoms with Crippen LogP contribution in [0.5, 0.6) is 0 Å². The van der Waals surface area contributed by atoms with Crippen molar-refractivity contribution in [2.45, 2.75) is 85.7 Å². The van der Waals surface area contributed by atoms with E-state index in [9.17, 15) is 14.4 Å². The summed E-state index contributed by atoms with van der Waals surface area (Å²) in [4.78, 5) is 36.0. The second-order valence-corrected chi connectivity index (χ2v) is 12.4. The summed E-state index contributed by atoms with van der Waals surface area (Å²) in [7, 11) is 0. The first-order valence-corrected chi connectivity index (χ1v) is 13.5. The Bertz CT molecular complexity index is 1030. The molecule has 35 heavy (non-hydrogen) atoms. The van der Waals surface area contributed by atoms with Crippen LogP contribution in [0.3, 0.4) is 0 Å². The molecule has 190 valence electrons. The first-order valence-electron chi connectivity index (χ1n) is 13.5. The monoisotopic (exact) mass is 480 g/mol. The smallest absolute Gasteiger partial charge is 0.337 e. The molecule has 1 aliphatic heterocycles. The average molecular weight is 481 g/mol. The van der Waals surface area contributed by atoms with E-state index in [0.717, 1.165) is 18.4 Å². The molecule has 0 saturated heterocycles. The van der Waals surface area contributed by atoms with Crippen molar-refractivity contribution in [1.82, 2.24) is 0 Å². The number of ether oxygens (including phenoxy) is 2. The maximum atomic E-state index is 12.8. The Morgan fingerprint density at radius 1 is 1.17 bits per heavy atom. The van der Waals surface area contributed by atoms with Gasteiger partial charge >= 0.3 is 11.9 Å². The van der Waals surface area contributed by atoms with Crippen molar-refractivity contribution >= 4 is 17.7 Å². The molecule has 0 aromatic heterocycles. The van der Waals surface area contributed by atoms with Gasteiger partial charge in [0, 0.05) is 18.8 Å². The first kappa shape index (κ1) is 24.5. The van der Waals surface area contributed by atoms with Gasteiger partial charge in [0.2, 0.25) is 0 Å². The highest BCUT2D eigenvalue weighted by molar-refractivity contribution is 6.01. The summed E-state index contributed by atoms with van der Waals surface area (Å²) in [5.41, 5.74) is 3.12. The summed E-state index contributed by atoms with van der Waals surface area (Å²) >= 11 is 0. The van der Waals surface area contributed by atoms with Gasteiger partial charge in [-0.2, -0.15) is 0 Å². The third-order valence-corrected chi connectivity index (χ3v) is 10.8. The number of carbonyl (C=O) groups excluding carboxylic acids is 3. The summed E-state index contributed by atoms with van der Waals surface area (Å²) in [6.07, 6.45) is 13.6. The highest BCUT2D eigenvalue weighted by Crippen LogP contribution is 2.67. The predicted octanol–water partition coefficient (Wildman–Crippen LogP) is 5.74. The summed E-state index contributed by atoms with van der Waals surface area (Å²) in [5, 5.41) is 0. The van der Waals surface area contributed by atoms with E-state index in [1.54, 1.807) is 6.08 Å². The van der Waals surface area contributed by atoms with E-state index in [1.807, 2.05) is 13.0 Å². The zero-order valence-electron chi connectivity index (χ0n) is 21.9. The van der Waals surface area contributed by atoms with Crippen molar-refractivity contribution in [3.05, 3.63) is 34.9 Å². The lowest BCUT2D eigenvalue weighted by Crippen LogP contribution is -2.51. The first-order chi connectivity index (χ1) is 16.5. The molecular formula is C30H40O5. The van der Waals surface area contributed by atoms with Gasteiger partial charge in [-0.3, -0.25) is 9.59 Å². The van der Waals surface area contributed by atoms with Gasteiger partial charge in [0.25, 0.3) is 0 Å². The Morgan fingerprint density at radius 2 is 1.94 bits per heavy atom. The van der Waals surface area contributed by atoms with Crippen LogP contribution < -0.4 is 0 Å². The van der Waals surface area contributed by atoms with Gasteiger partial charge in [-0.1, -0.05) is 38.0 Å². The Labute approximate surface area is 209 Å². The Balaban J connectivity index is 1.33. The van der Waals surface area contributed by atoms with Crippen LogP contribution in [0, 0.1) is 40.4 Å². The molecule has 0 bridgehead atoms. The van der Waals surface area contributed by atoms with Gasteiger partial charge in [0.15, 0.2) is 5.78 Å². The molecule has 0 unspecified atom stereocenters. The Hall–Kier alpha value is -2.17. The van der Waals surface area contributed by atoms with Crippen LogP contribution in [0.2, 0.25) is 0 Å². The number of rotatable bonds is 4. The van der Waals surface area contributed by atoms with Crippen molar-refractivity contribution in [2.75, 3.05) is 6.61 Å². The van der Waals surface area contributed by atoms with Crippen molar-refractivity contribution < 1.29 is 23.9 Å². The van der Waals surface area contributed by atoms with Crippen LogP contribution in [-0.4, -0.2) is 30.4 Å². The fourth-order valence-corrected chi connectivity index (χ4v) is 8.86. The molecule has 5 nitrogen and oxygen atoms in total. The summed E-state index contributed by atoms with van der Waals surface area (Å²) < 4.78 is 11.0. The van der Waals surface area contributed by atoms with Gasteiger partial charge < -0.3 is 9.47 Å². The van der Waals surface area contributed by atoms with Gasteiger partial charge in [-0.25, -0.2) is 4.79 Å². The number of cyclic esters (lactones) is 1. The fraction of sp³-hybridized carbons (Fsp3) is 0.700. The molecule has 1 heterocycles. The maximum Gasteiger partial charge on any atom is 0.337 e. The molecular weight excluding hydrogens is 440 g/mol. The number of carbonyl (C=O) groups is 3. The Morgan fingerprint density at radius 3 is 2.66 bits per heavy atom. The number of allylic oxidation sites excluding steroid dienone is 4. The zero-order valence-corrected chi connectivity index (χ0v) is 21.9. The summed E-state index contributed by atoms with van der Waals surface area (Å²) in [5.74, 6) is 2.25. The number of hydrogen-bond donors (Lipinski definition) is 0. The van der Waals surface area contributed by atoms with Crippen LogP contribution in [0.1, 0.15) is 79.6 Å². The second-order valence-electron chi connectivity index (χ2n) is 12.4. The maximum absolute atomic E-state index is 12.8. The van der Waals surface area contributed by atoms with E-state index < -0.39 is 0 Å². The molecule has 4 aliphatic carbocycles. The van der Waals surface area contributed by atoms with Crippen LogP contribution in [0.4, 0.5) is 0 Å². The molecule has 5 heteroatoms. The molecule has 0 N–H and O–H groups in total. The lowest BCUT2D eigenvalue weighted by Gasteiger charge is -2.57. The van der Waals surface area contributed by atoms with Crippen LogP contribution >= 0.6 is 0 Å². The van der Waals surface area contributed by atoms with Crippen molar-refractivity contribution in [2.24, 2.45) is 40.4 Å². The van der Waals surface area contributed by atoms with E-state index >= 15 is 0 Å². The Kier molecular flexibility index (Phi) is 6.12. The van der Waals surface area contributed by atoms with Crippen LogP contribution in [0.15, 0.2) is 34.9 Å². The largest absolute Gasteiger partial charge is 0.461 e. The van der Waals surface area contributed by atoms with E-state index in [2.05, 4.69) is 26.8 Å². The topological polar surface area (TPSA) is 69.7 Å². The molecule has 0 aromatic carbocycles. The summed E-state index contributed by atoms with van der Waals surface area (Å²) in [6, 6.07) is 0. The SMILES string of the molecule is CC(=O)OCC1=C(C)C[C@H]([C@@H](C)[C@H]2CC[C@H]3[C@@H]4CCC5=CC(=O)C=C[C@]5(C)[C@H]4CC[C@]23C)OC1=O. The van der Waals surface area contributed by atoms with Crippen LogP contribution in [0.25, 0.3) is 0 Å². The van der Waals surface area contributed by atoms with Gasteiger partial charge in [-0.05, 0) is 92.6 Å². The number of ketones is 1. The average Bonchev–Trinajstić information content (AvgIpc) is 3.15. The normalized spacial score (nSPS) is 41.4. The third kappa shape index (κ3) is 3.94. The van der Waals surface area contributed by atoms with E-state index in [0.29, 0.717) is 29.2 Å². The molecule has 0 radical (unpaired) electrons. The fourth-order valence-electron chi connectivity index (χ4n) is 8.86. The summed E-state index contributed by atoms with van der Waals surface area (Å²) in [6.45, 7) is 10.5.